The number of hydrogen-bond acceptors (Lipinski definition) is 5. The smallest absolute Gasteiger partial charge is 0.193 e. The van der Waals surface area contributed by atoms with E-state index in [2.05, 4.69) is 41.4 Å². The minimum Gasteiger partial charge on any atom is -0.385 e. The molecule has 0 radical (unpaired) electrons. The van der Waals surface area contributed by atoms with E-state index in [1.165, 1.54) is 5.01 Å². The molecule has 2 rings (SSSR count). The van der Waals surface area contributed by atoms with Gasteiger partial charge >= 0.3 is 0 Å². The van der Waals surface area contributed by atoms with Crippen LogP contribution < -0.4 is 5.32 Å². The Balaban J connectivity index is 0.00000364. The molecule has 27 heavy (non-hydrogen) atoms. The van der Waals surface area contributed by atoms with Crippen molar-refractivity contribution < 1.29 is 9.47 Å². The summed E-state index contributed by atoms with van der Waals surface area (Å²) in [5.41, 5.74) is 1.19. The maximum atomic E-state index is 5.94. The van der Waals surface area contributed by atoms with Crippen molar-refractivity contribution >= 4 is 41.3 Å². The Kier molecular flexibility index (Phi) is 11.1. The average molecular weight is 510 g/mol. The SMILES string of the molecule is CN=C(NCc1csc(C(C)(C)C)n1)N1CCC(OCCCOC)CC1.I. The summed E-state index contributed by atoms with van der Waals surface area (Å²) in [4.78, 5) is 11.5. The van der Waals surface area contributed by atoms with Crippen LogP contribution in [0.3, 0.4) is 0 Å². The third-order valence-electron chi connectivity index (χ3n) is 4.42. The predicted octanol–water partition coefficient (Wildman–Crippen LogP) is 3.65. The van der Waals surface area contributed by atoms with Gasteiger partial charge in [-0.1, -0.05) is 20.8 Å². The number of methoxy groups -OCH3 is 1. The predicted molar refractivity (Wildman–Crippen MR) is 123 cm³/mol. The lowest BCUT2D eigenvalue weighted by molar-refractivity contribution is 0.00989. The van der Waals surface area contributed by atoms with Crippen molar-refractivity contribution in [3.8, 4) is 0 Å². The molecule has 0 atom stereocenters. The number of piperidine rings is 1. The number of ether oxygens (including phenoxy) is 2. The number of thiazole rings is 1. The first-order chi connectivity index (χ1) is 12.4. The van der Waals surface area contributed by atoms with E-state index in [1.807, 2.05) is 7.05 Å². The van der Waals surface area contributed by atoms with Gasteiger partial charge in [0.15, 0.2) is 5.96 Å². The topological polar surface area (TPSA) is 59.0 Å². The summed E-state index contributed by atoms with van der Waals surface area (Å²) in [7, 11) is 3.57. The lowest BCUT2D eigenvalue weighted by Crippen LogP contribution is -2.46. The first kappa shape index (κ1) is 24.6. The third-order valence-corrected chi connectivity index (χ3v) is 5.74. The third kappa shape index (κ3) is 8.21. The molecule has 1 fully saturated rings. The molecular weight excluding hydrogens is 475 g/mol. The van der Waals surface area contributed by atoms with Gasteiger partial charge in [-0.05, 0) is 19.3 Å². The second-order valence-corrected chi connectivity index (χ2v) is 8.56. The van der Waals surface area contributed by atoms with Crippen molar-refractivity contribution in [1.29, 1.82) is 0 Å². The minimum atomic E-state index is 0. The molecule has 1 aromatic heterocycles. The highest BCUT2D eigenvalue weighted by Crippen LogP contribution is 2.25. The fraction of sp³-hybridized carbons (Fsp3) is 0.789. The van der Waals surface area contributed by atoms with E-state index in [-0.39, 0.29) is 29.4 Å². The fourth-order valence-corrected chi connectivity index (χ4v) is 3.83. The number of aliphatic imine (C=N–C) groups is 1. The van der Waals surface area contributed by atoms with Gasteiger partial charge in [0.05, 0.1) is 23.4 Å². The van der Waals surface area contributed by atoms with Gasteiger partial charge < -0.3 is 19.7 Å². The Morgan fingerprint density at radius 3 is 2.59 bits per heavy atom. The summed E-state index contributed by atoms with van der Waals surface area (Å²) in [5, 5.41) is 6.77. The summed E-state index contributed by atoms with van der Waals surface area (Å²) in [6.45, 7) is 10.8. The number of likely N-dealkylation sites (tertiary alicyclic amines) is 1. The first-order valence-corrected chi connectivity index (χ1v) is 10.3. The molecule has 0 unspecified atom stereocenters. The van der Waals surface area contributed by atoms with Crippen LogP contribution in [0, 0.1) is 0 Å². The molecule has 0 spiro atoms. The average Bonchev–Trinajstić information content (AvgIpc) is 3.10. The van der Waals surface area contributed by atoms with Gasteiger partial charge in [0.25, 0.3) is 0 Å². The molecule has 156 valence electrons. The van der Waals surface area contributed by atoms with Gasteiger partial charge in [-0.3, -0.25) is 4.99 Å². The molecule has 0 saturated carbocycles. The van der Waals surface area contributed by atoms with E-state index in [1.54, 1.807) is 18.4 Å². The largest absolute Gasteiger partial charge is 0.385 e. The standard InChI is InChI=1S/C19H34N4O2S.HI/c1-19(2,3)17-22-15(14-26-17)13-21-18(20-4)23-9-7-16(8-10-23)25-12-6-11-24-5;/h14,16H,6-13H2,1-5H3,(H,20,21);1H. The highest BCUT2D eigenvalue weighted by atomic mass is 127. The highest BCUT2D eigenvalue weighted by Gasteiger charge is 2.22. The molecular formula is C19H35IN4O2S. The van der Waals surface area contributed by atoms with Gasteiger partial charge in [-0.25, -0.2) is 4.98 Å². The lowest BCUT2D eigenvalue weighted by atomic mass is 9.98. The number of nitrogens with one attached hydrogen (secondary N) is 1. The molecule has 1 aliphatic heterocycles. The Morgan fingerprint density at radius 2 is 2.04 bits per heavy atom. The van der Waals surface area contributed by atoms with Gasteiger partial charge in [0.1, 0.15) is 0 Å². The van der Waals surface area contributed by atoms with Gasteiger partial charge in [0, 0.05) is 51.3 Å². The second kappa shape index (κ2) is 12.2. The summed E-state index contributed by atoms with van der Waals surface area (Å²) in [6, 6.07) is 0. The second-order valence-electron chi connectivity index (χ2n) is 7.70. The molecule has 6 nitrogen and oxygen atoms in total. The zero-order chi connectivity index (χ0) is 19.0. The number of halogens is 1. The summed E-state index contributed by atoms with van der Waals surface area (Å²) in [6.07, 6.45) is 3.40. The van der Waals surface area contributed by atoms with E-state index >= 15 is 0 Å². The Hall–Kier alpha value is -0.450. The monoisotopic (exact) mass is 510 g/mol. The molecule has 0 bridgehead atoms. The minimum absolute atomic E-state index is 0. The van der Waals surface area contributed by atoms with Crippen LogP contribution in [0.1, 0.15) is 50.7 Å². The molecule has 1 aliphatic rings. The summed E-state index contributed by atoms with van der Waals surface area (Å²) < 4.78 is 11.0. The lowest BCUT2D eigenvalue weighted by Gasteiger charge is -2.34. The summed E-state index contributed by atoms with van der Waals surface area (Å²) >= 11 is 1.73. The summed E-state index contributed by atoms with van der Waals surface area (Å²) in [5.74, 6) is 0.952. The van der Waals surface area contributed by atoms with E-state index in [0.717, 1.165) is 57.2 Å². The first-order valence-electron chi connectivity index (χ1n) is 9.45. The van der Waals surface area contributed by atoms with Crippen LogP contribution in [0.15, 0.2) is 10.4 Å². The maximum absolute atomic E-state index is 5.94. The normalized spacial score (nSPS) is 16.3. The molecule has 0 amide bonds. The van der Waals surface area contributed by atoms with Crippen molar-refractivity contribution in [1.82, 2.24) is 15.2 Å². The Morgan fingerprint density at radius 1 is 1.33 bits per heavy atom. The van der Waals surface area contributed by atoms with Crippen LogP contribution in [-0.4, -0.2) is 62.4 Å². The van der Waals surface area contributed by atoms with Crippen LogP contribution in [-0.2, 0) is 21.4 Å². The molecule has 0 aliphatic carbocycles. The van der Waals surface area contributed by atoms with Gasteiger partial charge in [0.2, 0.25) is 0 Å². The van der Waals surface area contributed by atoms with Crippen LogP contribution in [0.4, 0.5) is 0 Å². The Labute approximate surface area is 185 Å². The number of hydrogen-bond donors (Lipinski definition) is 1. The maximum Gasteiger partial charge on any atom is 0.193 e. The zero-order valence-corrected chi connectivity index (χ0v) is 20.4. The molecule has 1 N–H and O–H groups in total. The van der Waals surface area contributed by atoms with Crippen LogP contribution >= 0.6 is 35.3 Å². The molecule has 1 saturated heterocycles. The molecule has 1 aromatic rings. The van der Waals surface area contributed by atoms with Crippen molar-refractivity contribution in [2.45, 2.75) is 58.1 Å². The van der Waals surface area contributed by atoms with E-state index in [4.69, 9.17) is 14.5 Å². The van der Waals surface area contributed by atoms with Crippen molar-refractivity contribution in [2.24, 2.45) is 4.99 Å². The Bertz CT molecular complexity index is 566. The van der Waals surface area contributed by atoms with Gasteiger partial charge in [-0.15, -0.1) is 35.3 Å². The van der Waals surface area contributed by atoms with E-state index in [9.17, 15) is 0 Å². The number of nitrogens with zero attached hydrogens (tertiary/aromatic N) is 3. The zero-order valence-electron chi connectivity index (χ0n) is 17.3. The van der Waals surface area contributed by atoms with E-state index < -0.39 is 0 Å². The number of aromatic nitrogens is 1. The highest BCUT2D eigenvalue weighted by molar-refractivity contribution is 14.0. The molecule has 0 aromatic carbocycles. The molecule has 8 heteroatoms. The number of guanidine groups is 1. The molecule has 2 heterocycles. The van der Waals surface area contributed by atoms with Crippen LogP contribution in [0.2, 0.25) is 0 Å². The number of rotatable bonds is 7. The fourth-order valence-electron chi connectivity index (χ4n) is 2.92. The van der Waals surface area contributed by atoms with Crippen molar-refractivity contribution in [3.05, 3.63) is 16.1 Å². The van der Waals surface area contributed by atoms with Crippen LogP contribution in [0.5, 0.6) is 0 Å². The van der Waals surface area contributed by atoms with E-state index in [0.29, 0.717) is 12.6 Å². The van der Waals surface area contributed by atoms with Crippen molar-refractivity contribution in [3.63, 3.8) is 0 Å². The van der Waals surface area contributed by atoms with Crippen molar-refractivity contribution in [2.75, 3.05) is 40.5 Å². The van der Waals surface area contributed by atoms with Gasteiger partial charge in [-0.2, -0.15) is 0 Å². The van der Waals surface area contributed by atoms with Crippen LogP contribution in [0.25, 0.3) is 0 Å². The quantitative estimate of drug-likeness (QED) is 0.263.